The molecule has 0 aliphatic heterocycles. The first kappa shape index (κ1) is 12.1. The van der Waals surface area contributed by atoms with Gasteiger partial charge in [-0.2, -0.15) is 0 Å². The molecule has 2 nitrogen and oxygen atoms in total. The van der Waals surface area contributed by atoms with Crippen LogP contribution in [0.5, 0.6) is 5.75 Å². The zero-order valence-electron chi connectivity index (χ0n) is 7.97. The average Bonchev–Trinajstić information content (AvgIpc) is 2.18. The van der Waals surface area contributed by atoms with Crippen molar-refractivity contribution in [1.29, 1.82) is 0 Å². The van der Waals surface area contributed by atoms with Crippen LogP contribution in [-0.4, -0.2) is 19.3 Å². The van der Waals surface area contributed by atoms with Crippen LogP contribution >= 0.6 is 15.9 Å². The van der Waals surface area contributed by atoms with Crippen LogP contribution in [0.4, 0.5) is 8.78 Å². The molecule has 15 heavy (non-hydrogen) atoms. The molecule has 0 spiro atoms. The largest absolute Gasteiger partial charge is 0.496 e. The summed E-state index contributed by atoms with van der Waals surface area (Å²) in [5, 5.41) is 0. The number of ketones is 1. The van der Waals surface area contributed by atoms with Gasteiger partial charge in [0.25, 0.3) is 6.43 Å². The van der Waals surface area contributed by atoms with E-state index in [1.165, 1.54) is 7.11 Å². The van der Waals surface area contributed by atoms with Gasteiger partial charge < -0.3 is 4.74 Å². The Balaban J connectivity index is 2.80. The number of benzene rings is 1. The zero-order chi connectivity index (χ0) is 11.4. The highest BCUT2D eigenvalue weighted by atomic mass is 79.9. The highest BCUT2D eigenvalue weighted by Gasteiger charge is 2.15. The molecule has 0 aromatic heterocycles. The third kappa shape index (κ3) is 3.27. The average molecular weight is 279 g/mol. The van der Waals surface area contributed by atoms with E-state index in [1.807, 2.05) is 0 Å². The molecule has 0 unspecified atom stereocenters. The van der Waals surface area contributed by atoms with Crippen molar-refractivity contribution in [3.8, 4) is 5.75 Å². The van der Waals surface area contributed by atoms with Gasteiger partial charge in [0.05, 0.1) is 11.6 Å². The van der Waals surface area contributed by atoms with Crippen LogP contribution in [-0.2, 0) is 11.2 Å². The van der Waals surface area contributed by atoms with Gasteiger partial charge in [-0.3, -0.25) is 4.79 Å². The number of methoxy groups -OCH3 is 1. The molecule has 0 atom stereocenters. The van der Waals surface area contributed by atoms with Crippen molar-refractivity contribution >= 4 is 21.7 Å². The number of halogens is 3. The molecule has 0 amide bonds. The number of carbonyl (C=O) groups is 1. The summed E-state index contributed by atoms with van der Waals surface area (Å²) in [6, 6.07) is 4.81. The monoisotopic (exact) mass is 278 g/mol. The summed E-state index contributed by atoms with van der Waals surface area (Å²) in [6.45, 7) is 0. The summed E-state index contributed by atoms with van der Waals surface area (Å²) >= 11 is 3.21. The SMILES string of the molecule is COc1ccc(CC(=O)C(F)F)cc1Br. The van der Waals surface area contributed by atoms with Crippen molar-refractivity contribution < 1.29 is 18.3 Å². The van der Waals surface area contributed by atoms with Crippen molar-refractivity contribution in [1.82, 2.24) is 0 Å². The Morgan fingerprint density at radius 2 is 2.20 bits per heavy atom. The Morgan fingerprint density at radius 1 is 1.53 bits per heavy atom. The summed E-state index contributed by atoms with van der Waals surface area (Å²) < 4.78 is 29.6. The van der Waals surface area contributed by atoms with E-state index in [0.717, 1.165) is 0 Å². The smallest absolute Gasteiger partial charge is 0.296 e. The second-order valence-corrected chi connectivity index (χ2v) is 3.77. The fraction of sp³-hybridized carbons (Fsp3) is 0.300. The Kier molecular flexibility index (Phi) is 4.20. The van der Waals surface area contributed by atoms with Crippen LogP contribution in [0, 0.1) is 0 Å². The van der Waals surface area contributed by atoms with Gasteiger partial charge in [-0.1, -0.05) is 6.07 Å². The Bertz CT molecular complexity index is 366. The minimum atomic E-state index is -2.91. The quantitative estimate of drug-likeness (QED) is 0.847. The Labute approximate surface area is 94.4 Å². The van der Waals surface area contributed by atoms with Crippen molar-refractivity contribution in [2.45, 2.75) is 12.8 Å². The fourth-order valence-corrected chi connectivity index (χ4v) is 1.69. The summed E-state index contributed by atoms with van der Waals surface area (Å²) in [6.07, 6.45) is -3.17. The predicted octanol–water partition coefficient (Wildman–Crippen LogP) is 2.83. The molecule has 5 heteroatoms. The molecule has 1 aromatic carbocycles. The maximum absolute atomic E-state index is 12.0. The zero-order valence-corrected chi connectivity index (χ0v) is 9.55. The molecule has 0 saturated heterocycles. The lowest BCUT2D eigenvalue weighted by atomic mass is 10.1. The highest BCUT2D eigenvalue weighted by Crippen LogP contribution is 2.25. The van der Waals surface area contributed by atoms with E-state index in [0.29, 0.717) is 15.8 Å². The van der Waals surface area contributed by atoms with Gasteiger partial charge in [0.15, 0.2) is 0 Å². The number of Topliss-reactive ketones (excluding diaryl/α,β-unsaturated/α-hetero) is 1. The van der Waals surface area contributed by atoms with E-state index in [-0.39, 0.29) is 6.42 Å². The third-order valence-corrected chi connectivity index (χ3v) is 2.46. The standard InChI is InChI=1S/C10H9BrF2O2/c1-15-9-3-2-6(4-7(9)11)5-8(14)10(12)13/h2-4,10H,5H2,1H3. The fourth-order valence-electron chi connectivity index (χ4n) is 1.10. The number of ether oxygens (including phenoxy) is 1. The van der Waals surface area contributed by atoms with Gasteiger partial charge in [0.1, 0.15) is 5.75 Å². The van der Waals surface area contributed by atoms with Gasteiger partial charge in [-0.15, -0.1) is 0 Å². The molecule has 0 aliphatic rings. The molecule has 0 bridgehead atoms. The highest BCUT2D eigenvalue weighted by molar-refractivity contribution is 9.10. The van der Waals surface area contributed by atoms with Crippen molar-refractivity contribution in [2.75, 3.05) is 7.11 Å². The minimum Gasteiger partial charge on any atom is -0.496 e. The minimum absolute atomic E-state index is 0.264. The topological polar surface area (TPSA) is 26.3 Å². The van der Waals surface area contributed by atoms with Crippen LogP contribution in [0.25, 0.3) is 0 Å². The molecule has 0 fully saturated rings. The summed E-state index contributed by atoms with van der Waals surface area (Å²) in [4.78, 5) is 10.8. The van der Waals surface area contributed by atoms with Gasteiger partial charge >= 0.3 is 0 Å². The first-order valence-electron chi connectivity index (χ1n) is 4.18. The molecule has 0 N–H and O–H groups in total. The van der Waals surface area contributed by atoms with Crippen molar-refractivity contribution in [2.24, 2.45) is 0 Å². The number of alkyl halides is 2. The maximum Gasteiger partial charge on any atom is 0.296 e. The van der Waals surface area contributed by atoms with E-state index in [1.54, 1.807) is 18.2 Å². The number of rotatable bonds is 4. The Morgan fingerprint density at radius 3 is 2.67 bits per heavy atom. The first-order chi connectivity index (χ1) is 7.04. The van der Waals surface area contributed by atoms with Gasteiger partial charge in [0.2, 0.25) is 5.78 Å². The Hall–Kier alpha value is -0.970. The van der Waals surface area contributed by atoms with Gasteiger partial charge in [-0.25, -0.2) is 8.78 Å². The third-order valence-electron chi connectivity index (χ3n) is 1.84. The molecule has 0 heterocycles. The van der Waals surface area contributed by atoms with Gasteiger partial charge in [0, 0.05) is 6.42 Å². The number of hydrogen-bond donors (Lipinski definition) is 0. The van der Waals surface area contributed by atoms with Crippen LogP contribution in [0.3, 0.4) is 0 Å². The van der Waals surface area contributed by atoms with E-state index < -0.39 is 12.2 Å². The van der Waals surface area contributed by atoms with Crippen molar-refractivity contribution in [3.05, 3.63) is 28.2 Å². The molecule has 0 radical (unpaired) electrons. The lowest BCUT2D eigenvalue weighted by Crippen LogP contribution is -2.12. The number of hydrogen-bond acceptors (Lipinski definition) is 2. The normalized spacial score (nSPS) is 10.5. The molecular formula is C10H9BrF2O2. The molecule has 0 aliphatic carbocycles. The molecule has 1 rings (SSSR count). The van der Waals surface area contributed by atoms with E-state index in [9.17, 15) is 13.6 Å². The molecular weight excluding hydrogens is 270 g/mol. The van der Waals surface area contributed by atoms with Gasteiger partial charge in [-0.05, 0) is 33.6 Å². The van der Waals surface area contributed by atoms with E-state index in [4.69, 9.17) is 4.74 Å². The van der Waals surface area contributed by atoms with Crippen LogP contribution < -0.4 is 4.74 Å². The first-order valence-corrected chi connectivity index (χ1v) is 4.97. The van der Waals surface area contributed by atoms with E-state index >= 15 is 0 Å². The summed E-state index contributed by atoms with van der Waals surface area (Å²) in [5.41, 5.74) is 0.535. The second-order valence-electron chi connectivity index (χ2n) is 2.91. The summed E-state index contributed by atoms with van der Waals surface area (Å²) in [5.74, 6) is -0.477. The lowest BCUT2D eigenvalue weighted by Gasteiger charge is -2.05. The van der Waals surface area contributed by atoms with E-state index in [2.05, 4.69) is 15.9 Å². The van der Waals surface area contributed by atoms with Crippen LogP contribution in [0.2, 0.25) is 0 Å². The molecule has 0 saturated carbocycles. The predicted molar refractivity (Wildman–Crippen MR) is 55.4 cm³/mol. The van der Waals surface area contributed by atoms with Crippen LogP contribution in [0.15, 0.2) is 22.7 Å². The maximum atomic E-state index is 12.0. The molecule has 82 valence electrons. The number of carbonyl (C=O) groups excluding carboxylic acids is 1. The lowest BCUT2D eigenvalue weighted by molar-refractivity contribution is -0.128. The van der Waals surface area contributed by atoms with Crippen molar-refractivity contribution in [3.63, 3.8) is 0 Å². The molecule has 1 aromatic rings. The second kappa shape index (κ2) is 5.21. The summed E-state index contributed by atoms with van der Waals surface area (Å²) in [7, 11) is 1.50. The van der Waals surface area contributed by atoms with Crippen LogP contribution in [0.1, 0.15) is 5.56 Å².